The Morgan fingerprint density at radius 3 is 2.27 bits per heavy atom. The molecule has 0 bridgehead atoms. The third kappa shape index (κ3) is 6.44. The van der Waals surface area contributed by atoms with Gasteiger partial charge in [0.25, 0.3) is 15.9 Å². The standard InChI is InChI=1S/C31H34N4O5S/c1-21-10-13-28(14-11-21)41(37,38)34(26-12-15-29(39-5)30(18-26)40-6)20-31(36)33-32-19-25-17-23(3)35(24(25)4)27-9-7-8-22(2)16-27/h7-19H,20H2,1-6H3,(H,33,36)/b32-19-. The van der Waals surface area contributed by atoms with E-state index in [2.05, 4.69) is 21.2 Å². The monoisotopic (exact) mass is 574 g/mol. The van der Waals surface area contributed by atoms with E-state index in [0.29, 0.717) is 11.5 Å². The van der Waals surface area contributed by atoms with Gasteiger partial charge in [-0.25, -0.2) is 13.8 Å². The van der Waals surface area contributed by atoms with E-state index in [1.54, 1.807) is 30.5 Å². The summed E-state index contributed by atoms with van der Waals surface area (Å²) >= 11 is 0. The lowest BCUT2D eigenvalue weighted by molar-refractivity contribution is -0.119. The summed E-state index contributed by atoms with van der Waals surface area (Å²) in [6.45, 7) is 7.38. The van der Waals surface area contributed by atoms with Gasteiger partial charge in [-0.2, -0.15) is 5.10 Å². The normalized spacial score (nSPS) is 11.5. The zero-order chi connectivity index (χ0) is 29.7. The van der Waals surface area contributed by atoms with Crippen LogP contribution in [0.25, 0.3) is 5.69 Å². The minimum Gasteiger partial charge on any atom is -0.493 e. The molecule has 0 aliphatic heterocycles. The van der Waals surface area contributed by atoms with Crippen molar-refractivity contribution in [3.63, 3.8) is 0 Å². The van der Waals surface area contributed by atoms with E-state index in [0.717, 1.165) is 38.1 Å². The molecule has 0 spiro atoms. The third-order valence-corrected chi connectivity index (χ3v) is 8.46. The summed E-state index contributed by atoms with van der Waals surface area (Å²) in [4.78, 5) is 13.1. The smallest absolute Gasteiger partial charge is 0.264 e. The molecule has 0 unspecified atom stereocenters. The third-order valence-electron chi connectivity index (χ3n) is 6.67. The van der Waals surface area contributed by atoms with E-state index in [1.807, 2.05) is 52.0 Å². The predicted octanol–water partition coefficient (Wildman–Crippen LogP) is 5.07. The highest BCUT2D eigenvalue weighted by Gasteiger charge is 2.28. The Balaban J connectivity index is 1.60. The van der Waals surface area contributed by atoms with Crippen molar-refractivity contribution >= 4 is 27.8 Å². The lowest BCUT2D eigenvalue weighted by Crippen LogP contribution is -2.39. The number of nitrogens with zero attached hydrogens (tertiary/aromatic N) is 3. The quantitative estimate of drug-likeness (QED) is 0.210. The number of sulfonamides is 1. The maximum Gasteiger partial charge on any atom is 0.264 e. The first-order valence-electron chi connectivity index (χ1n) is 12.9. The summed E-state index contributed by atoms with van der Waals surface area (Å²) in [5.41, 5.74) is 8.62. The van der Waals surface area contributed by atoms with Gasteiger partial charge in [0.1, 0.15) is 6.54 Å². The minimum atomic E-state index is -4.11. The van der Waals surface area contributed by atoms with Crippen LogP contribution in [0, 0.1) is 27.7 Å². The molecular formula is C31H34N4O5S. The molecule has 9 nitrogen and oxygen atoms in total. The van der Waals surface area contributed by atoms with E-state index in [9.17, 15) is 13.2 Å². The van der Waals surface area contributed by atoms with Crippen LogP contribution in [0.1, 0.15) is 28.1 Å². The maximum atomic E-state index is 13.7. The SMILES string of the molecule is COc1ccc(N(CC(=O)N/N=C\c2cc(C)n(-c3cccc(C)c3)c2C)S(=O)(=O)c2ccc(C)cc2)cc1OC. The van der Waals surface area contributed by atoms with Crippen molar-refractivity contribution in [2.24, 2.45) is 5.10 Å². The van der Waals surface area contributed by atoms with Crippen LogP contribution < -0.4 is 19.2 Å². The van der Waals surface area contributed by atoms with Crippen LogP contribution in [-0.4, -0.2) is 45.9 Å². The number of amides is 1. The van der Waals surface area contributed by atoms with Gasteiger partial charge in [0, 0.05) is 28.7 Å². The summed E-state index contributed by atoms with van der Waals surface area (Å²) in [6, 6.07) is 21.3. The lowest BCUT2D eigenvalue weighted by Gasteiger charge is -2.24. The molecule has 41 heavy (non-hydrogen) atoms. The zero-order valence-electron chi connectivity index (χ0n) is 24.0. The van der Waals surface area contributed by atoms with Gasteiger partial charge in [-0.15, -0.1) is 0 Å². The van der Waals surface area contributed by atoms with Crippen molar-refractivity contribution in [3.8, 4) is 17.2 Å². The zero-order valence-corrected chi connectivity index (χ0v) is 24.8. The number of aromatic nitrogens is 1. The van der Waals surface area contributed by atoms with Gasteiger partial charge in [0.2, 0.25) is 0 Å². The molecule has 1 amide bonds. The topological polar surface area (TPSA) is 102 Å². The number of rotatable bonds is 10. The number of hydrogen-bond donors (Lipinski definition) is 1. The first kappa shape index (κ1) is 29.4. The molecule has 0 aliphatic rings. The van der Waals surface area contributed by atoms with Crippen LogP contribution in [0.5, 0.6) is 11.5 Å². The van der Waals surface area contributed by atoms with Crippen LogP contribution in [0.3, 0.4) is 0 Å². The number of benzene rings is 3. The molecule has 4 aromatic rings. The highest BCUT2D eigenvalue weighted by molar-refractivity contribution is 7.92. The Morgan fingerprint density at radius 2 is 1.61 bits per heavy atom. The van der Waals surface area contributed by atoms with Gasteiger partial charge in [-0.1, -0.05) is 29.8 Å². The second-order valence-corrected chi connectivity index (χ2v) is 11.5. The predicted molar refractivity (Wildman–Crippen MR) is 161 cm³/mol. The van der Waals surface area contributed by atoms with Crippen LogP contribution in [-0.2, 0) is 14.8 Å². The minimum absolute atomic E-state index is 0.0535. The van der Waals surface area contributed by atoms with E-state index in [1.165, 1.54) is 32.4 Å². The number of nitrogens with one attached hydrogen (secondary N) is 1. The van der Waals surface area contributed by atoms with Gasteiger partial charge < -0.3 is 14.0 Å². The Morgan fingerprint density at radius 1 is 0.902 bits per heavy atom. The summed E-state index contributed by atoms with van der Waals surface area (Å²) in [6.07, 6.45) is 1.56. The fourth-order valence-corrected chi connectivity index (χ4v) is 5.97. The molecule has 1 N–H and O–H groups in total. The number of aryl methyl sites for hydroxylation is 3. The molecule has 1 heterocycles. The Kier molecular flexibility index (Phi) is 8.83. The van der Waals surface area contributed by atoms with Crippen molar-refractivity contribution < 1.29 is 22.7 Å². The Hall–Kier alpha value is -4.57. The average molecular weight is 575 g/mol. The summed E-state index contributed by atoms with van der Waals surface area (Å²) in [5.74, 6) is 0.150. The Labute approximate surface area is 241 Å². The number of anilines is 1. The van der Waals surface area contributed by atoms with E-state index >= 15 is 0 Å². The van der Waals surface area contributed by atoms with Crippen molar-refractivity contribution in [3.05, 3.63) is 101 Å². The Bertz CT molecular complexity index is 1690. The van der Waals surface area contributed by atoms with Gasteiger partial charge in [-0.3, -0.25) is 9.10 Å². The molecule has 10 heteroatoms. The highest BCUT2D eigenvalue weighted by Crippen LogP contribution is 2.33. The molecule has 0 fully saturated rings. The summed E-state index contributed by atoms with van der Waals surface area (Å²) in [7, 11) is -1.17. The molecule has 0 radical (unpaired) electrons. The van der Waals surface area contributed by atoms with E-state index in [-0.39, 0.29) is 10.6 Å². The molecule has 0 saturated heterocycles. The second-order valence-electron chi connectivity index (χ2n) is 9.66. The summed E-state index contributed by atoms with van der Waals surface area (Å²) < 4.78 is 41.2. The van der Waals surface area contributed by atoms with Gasteiger partial charge in [0.15, 0.2) is 11.5 Å². The molecule has 0 aliphatic carbocycles. The van der Waals surface area contributed by atoms with Crippen molar-refractivity contribution in [2.45, 2.75) is 32.6 Å². The molecule has 1 aromatic heterocycles. The van der Waals surface area contributed by atoms with Gasteiger partial charge >= 0.3 is 0 Å². The fourth-order valence-electron chi connectivity index (χ4n) is 4.55. The van der Waals surface area contributed by atoms with Gasteiger partial charge in [0.05, 0.1) is 31.0 Å². The number of carbonyl (C=O) groups excluding carboxylic acids is 1. The second kappa shape index (κ2) is 12.3. The highest BCUT2D eigenvalue weighted by atomic mass is 32.2. The molecule has 0 saturated carbocycles. The lowest BCUT2D eigenvalue weighted by atomic mass is 10.2. The molecular weight excluding hydrogens is 540 g/mol. The van der Waals surface area contributed by atoms with E-state index < -0.39 is 22.5 Å². The number of hydrazone groups is 1. The van der Waals surface area contributed by atoms with E-state index in [4.69, 9.17) is 9.47 Å². The van der Waals surface area contributed by atoms with Crippen LogP contribution in [0.15, 0.2) is 82.8 Å². The number of methoxy groups -OCH3 is 2. The van der Waals surface area contributed by atoms with Crippen molar-refractivity contribution in [2.75, 3.05) is 25.1 Å². The maximum absolute atomic E-state index is 13.7. The number of ether oxygens (including phenoxy) is 2. The average Bonchev–Trinajstić information content (AvgIpc) is 3.23. The van der Waals surface area contributed by atoms with Crippen LogP contribution >= 0.6 is 0 Å². The number of hydrogen-bond acceptors (Lipinski definition) is 6. The fraction of sp³-hybridized carbons (Fsp3) is 0.226. The largest absolute Gasteiger partial charge is 0.493 e. The molecule has 3 aromatic carbocycles. The molecule has 0 atom stereocenters. The first-order chi connectivity index (χ1) is 19.5. The van der Waals surface area contributed by atoms with Crippen LogP contribution in [0.2, 0.25) is 0 Å². The number of carbonyl (C=O) groups is 1. The molecule has 214 valence electrons. The van der Waals surface area contributed by atoms with Gasteiger partial charge in [-0.05, 0) is 75.7 Å². The summed E-state index contributed by atoms with van der Waals surface area (Å²) in [5, 5.41) is 4.14. The van der Waals surface area contributed by atoms with Crippen molar-refractivity contribution in [1.29, 1.82) is 0 Å². The first-order valence-corrected chi connectivity index (χ1v) is 14.4. The molecule has 4 rings (SSSR count). The van der Waals surface area contributed by atoms with Crippen LogP contribution in [0.4, 0.5) is 5.69 Å². The van der Waals surface area contributed by atoms with Crippen molar-refractivity contribution in [1.82, 2.24) is 9.99 Å².